The third-order valence-electron chi connectivity index (χ3n) is 7.31. The van der Waals surface area contributed by atoms with Gasteiger partial charge in [-0.15, -0.1) is 0 Å². The average molecular weight is 510 g/mol. The highest BCUT2D eigenvalue weighted by atomic mass is 28.3. The number of rotatable bonds is 10. The lowest BCUT2D eigenvalue weighted by Crippen LogP contribution is -2.20. The Hall–Kier alpha value is -2.53. The van der Waals surface area contributed by atoms with E-state index in [1.807, 2.05) is 42.5 Å². The second-order valence-electron chi connectivity index (χ2n) is 9.83. The largest absolute Gasteiger partial charge is 0.490 e. The van der Waals surface area contributed by atoms with E-state index >= 15 is 13.2 Å². The summed E-state index contributed by atoms with van der Waals surface area (Å²) in [7, 11) is -0.338. The Bertz CT molecular complexity index is 1140. The van der Waals surface area contributed by atoms with Crippen molar-refractivity contribution in [3.05, 3.63) is 77.6 Å². The lowest BCUT2D eigenvalue weighted by atomic mass is 9.86. The molecule has 0 saturated carbocycles. The van der Waals surface area contributed by atoms with Gasteiger partial charge in [-0.05, 0) is 54.0 Å². The number of benzene rings is 3. The molecule has 1 aliphatic rings. The molecule has 0 atom stereocenters. The molecule has 1 aliphatic heterocycles. The Morgan fingerprint density at radius 3 is 2.19 bits per heavy atom. The lowest BCUT2D eigenvalue weighted by molar-refractivity contribution is 0.286. The summed E-state index contributed by atoms with van der Waals surface area (Å²) >= 11 is 0. The van der Waals surface area contributed by atoms with Crippen LogP contribution in [0.3, 0.4) is 0 Å². The molecule has 3 aromatic carbocycles. The summed E-state index contributed by atoms with van der Waals surface area (Å²) in [6, 6.07) is 19.7. The fourth-order valence-electron chi connectivity index (χ4n) is 5.34. The van der Waals surface area contributed by atoms with E-state index in [4.69, 9.17) is 4.74 Å². The minimum Gasteiger partial charge on any atom is -0.490 e. The van der Waals surface area contributed by atoms with Crippen LogP contribution in [-0.2, 0) is 0 Å². The van der Waals surface area contributed by atoms with E-state index in [9.17, 15) is 0 Å². The second-order valence-corrected chi connectivity index (χ2v) is 12.8. The number of hydrogen-bond donors (Lipinski definition) is 0. The van der Waals surface area contributed by atoms with Crippen molar-refractivity contribution in [2.24, 2.45) is 0 Å². The van der Waals surface area contributed by atoms with Crippen LogP contribution in [0.5, 0.6) is 5.75 Å². The third-order valence-corrected chi connectivity index (χ3v) is 10.5. The first-order valence-electron chi connectivity index (χ1n) is 13.4. The van der Waals surface area contributed by atoms with Crippen LogP contribution in [0.4, 0.5) is 13.2 Å². The number of hydrogen-bond acceptors (Lipinski definition) is 1. The molecule has 0 unspecified atom stereocenters. The van der Waals surface area contributed by atoms with Crippen molar-refractivity contribution in [3.8, 4) is 28.0 Å². The molecule has 1 nitrogen and oxygen atoms in total. The van der Waals surface area contributed by atoms with Crippen molar-refractivity contribution in [2.45, 2.75) is 76.4 Å². The summed E-state index contributed by atoms with van der Waals surface area (Å²) in [6.45, 7) is 4.62. The van der Waals surface area contributed by atoms with E-state index in [0.717, 1.165) is 37.7 Å². The van der Waals surface area contributed by atoms with E-state index < -0.39 is 17.5 Å². The predicted molar refractivity (Wildman–Crippen MR) is 145 cm³/mol. The van der Waals surface area contributed by atoms with Crippen LogP contribution < -0.4 is 4.74 Å². The first-order valence-corrected chi connectivity index (χ1v) is 15.5. The molecule has 36 heavy (non-hydrogen) atoms. The van der Waals surface area contributed by atoms with E-state index in [1.54, 1.807) is 0 Å². The lowest BCUT2D eigenvalue weighted by Gasteiger charge is -2.29. The summed E-state index contributed by atoms with van der Waals surface area (Å²) in [5, 5.41) is 0. The zero-order chi connectivity index (χ0) is 25.5. The highest BCUT2D eigenvalue weighted by molar-refractivity contribution is 6.59. The van der Waals surface area contributed by atoms with Crippen molar-refractivity contribution in [3.63, 3.8) is 0 Å². The molecule has 0 aliphatic carbocycles. The Labute approximate surface area is 215 Å². The minimum absolute atomic E-state index is 0.0573. The monoisotopic (exact) mass is 509 g/mol. The molecule has 4 rings (SSSR count). The first kappa shape index (κ1) is 26.5. The summed E-state index contributed by atoms with van der Waals surface area (Å²) < 4.78 is 52.4. The third kappa shape index (κ3) is 5.88. The standard InChI is InChI=1S/C31H36F3OSi/c1-3-5-9-18-35-27-15-14-26(30(33)31(27)34)28-24(22-10-7-6-8-11-22)12-13-25(29(28)32)23-16-20-36(19-4-2)21-17-23/h6-8,10-15,23H,3-5,9,16-21H2,1-2H3. The van der Waals surface area contributed by atoms with Crippen LogP contribution >= 0.6 is 0 Å². The highest BCUT2D eigenvalue weighted by Crippen LogP contribution is 2.43. The summed E-state index contributed by atoms with van der Waals surface area (Å²) in [4.78, 5) is 0. The molecule has 0 bridgehead atoms. The van der Waals surface area contributed by atoms with E-state index in [1.165, 1.54) is 36.7 Å². The SMILES string of the molecule is CCCCCOc1ccc(-c2c(-c3ccccc3)ccc(C3CC[Si](CCC)CC3)c2F)c(F)c1F. The van der Waals surface area contributed by atoms with E-state index in [0.29, 0.717) is 17.7 Å². The molecule has 191 valence electrons. The summed E-state index contributed by atoms with van der Waals surface area (Å²) in [6.07, 6.45) is 5.90. The van der Waals surface area contributed by atoms with Crippen molar-refractivity contribution < 1.29 is 17.9 Å². The molecule has 0 aromatic heterocycles. The second kappa shape index (κ2) is 12.6. The first-order chi connectivity index (χ1) is 17.5. The summed E-state index contributed by atoms with van der Waals surface area (Å²) in [5.41, 5.74) is 2.05. The Morgan fingerprint density at radius 1 is 0.778 bits per heavy atom. The Kier molecular flexibility index (Phi) is 9.30. The van der Waals surface area contributed by atoms with Crippen molar-refractivity contribution >= 4 is 8.80 Å². The van der Waals surface area contributed by atoms with Gasteiger partial charge in [0.25, 0.3) is 0 Å². The molecular weight excluding hydrogens is 473 g/mol. The maximum absolute atomic E-state index is 16.3. The molecule has 1 radical (unpaired) electrons. The van der Waals surface area contributed by atoms with E-state index in [-0.39, 0.29) is 31.6 Å². The van der Waals surface area contributed by atoms with Gasteiger partial charge in [-0.1, -0.05) is 93.7 Å². The number of halogens is 3. The van der Waals surface area contributed by atoms with Crippen LogP contribution in [0.25, 0.3) is 22.3 Å². The average Bonchev–Trinajstić information content (AvgIpc) is 2.90. The van der Waals surface area contributed by atoms with Gasteiger partial charge in [0.15, 0.2) is 11.6 Å². The molecule has 0 N–H and O–H groups in total. The van der Waals surface area contributed by atoms with Gasteiger partial charge in [-0.25, -0.2) is 8.78 Å². The fourth-order valence-corrected chi connectivity index (χ4v) is 8.31. The van der Waals surface area contributed by atoms with E-state index in [2.05, 4.69) is 13.8 Å². The van der Waals surface area contributed by atoms with Gasteiger partial charge in [0, 0.05) is 19.9 Å². The van der Waals surface area contributed by atoms with Gasteiger partial charge >= 0.3 is 0 Å². The highest BCUT2D eigenvalue weighted by Gasteiger charge is 2.29. The van der Waals surface area contributed by atoms with Gasteiger partial charge in [0.2, 0.25) is 5.82 Å². The molecular formula is C31H36F3OSi. The van der Waals surface area contributed by atoms with Crippen LogP contribution in [0.1, 0.15) is 63.9 Å². The van der Waals surface area contributed by atoms with Gasteiger partial charge < -0.3 is 4.74 Å². The minimum atomic E-state index is -1.06. The molecule has 1 saturated heterocycles. The molecule has 3 aromatic rings. The van der Waals surface area contributed by atoms with Crippen LogP contribution in [0.15, 0.2) is 54.6 Å². The molecule has 1 heterocycles. The topological polar surface area (TPSA) is 9.23 Å². The van der Waals surface area contributed by atoms with Gasteiger partial charge in [0.05, 0.1) is 6.61 Å². The zero-order valence-corrected chi connectivity index (χ0v) is 22.4. The molecule has 0 amide bonds. The fraction of sp³-hybridized carbons (Fsp3) is 0.419. The quantitative estimate of drug-likeness (QED) is 0.195. The smallest absolute Gasteiger partial charge is 0.201 e. The van der Waals surface area contributed by atoms with Crippen LogP contribution in [-0.4, -0.2) is 15.4 Å². The predicted octanol–water partition coefficient (Wildman–Crippen LogP) is 9.79. The Morgan fingerprint density at radius 2 is 1.50 bits per heavy atom. The van der Waals surface area contributed by atoms with Crippen molar-refractivity contribution in [1.29, 1.82) is 0 Å². The Balaban J connectivity index is 1.74. The maximum Gasteiger partial charge on any atom is 0.201 e. The van der Waals surface area contributed by atoms with Crippen LogP contribution in [0.2, 0.25) is 18.1 Å². The molecule has 5 heteroatoms. The molecule has 0 spiro atoms. The van der Waals surface area contributed by atoms with Crippen molar-refractivity contribution in [2.75, 3.05) is 6.61 Å². The van der Waals surface area contributed by atoms with Crippen LogP contribution in [0, 0.1) is 17.5 Å². The number of unbranched alkanes of at least 4 members (excludes halogenated alkanes) is 2. The van der Waals surface area contributed by atoms with Gasteiger partial charge in [-0.3, -0.25) is 0 Å². The zero-order valence-electron chi connectivity index (χ0n) is 21.4. The van der Waals surface area contributed by atoms with Gasteiger partial charge in [0.1, 0.15) is 5.82 Å². The normalized spacial score (nSPS) is 14.8. The van der Waals surface area contributed by atoms with Crippen molar-refractivity contribution in [1.82, 2.24) is 0 Å². The summed E-state index contributed by atoms with van der Waals surface area (Å²) in [5.74, 6) is -2.55. The number of ether oxygens (including phenoxy) is 1. The molecule has 1 fully saturated rings. The maximum atomic E-state index is 16.3. The van der Waals surface area contributed by atoms with Gasteiger partial charge in [-0.2, -0.15) is 4.39 Å².